The third-order valence-corrected chi connectivity index (χ3v) is 3.18. The number of ether oxygens (including phenoxy) is 1. The summed E-state index contributed by atoms with van der Waals surface area (Å²) in [4.78, 5) is 11.7. The highest BCUT2D eigenvalue weighted by molar-refractivity contribution is 5.83. The molecule has 0 N–H and O–H groups in total. The molecule has 1 fully saturated rings. The van der Waals surface area contributed by atoms with Gasteiger partial charge in [0.2, 0.25) is 0 Å². The van der Waals surface area contributed by atoms with Gasteiger partial charge in [-0.15, -0.1) is 0 Å². The second-order valence-corrected chi connectivity index (χ2v) is 4.69. The lowest BCUT2D eigenvalue weighted by atomic mass is 9.67. The smallest absolute Gasteiger partial charge is 0.162 e. The fraction of sp³-hybridized carbons (Fsp3) is 0.909. The van der Waals surface area contributed by atoms with Crippen molar-refractivity contribution in [2.45, 2.75) is 39.5 Å². The molecular formula is C11H20O2. The number of carbonyl (C=O) groups is 1. The number of ketones is 1. The molecule has 0 saturated heterocycles. The van der Waals surface area contributed by atoms with Gasteiger partial charge in [-0.25, -0.2) is 0 Å². The summed E-state index contributed by atoms with van der Waals surface area (Å²) >= 11 is 0. The van der Waals surface area contributed by atoms with E-state index in [0.717, 1.165) is 6.42 Å². The van der Waals surface area contributed by atoms with Gasteiger partial charge in [0.25, 0.3) is 0 Å². The fourth-order valence-electron chi connectivity index (χ4n) is 2.33. The Bertz CT molecular complexity index is 185. The van der Waals surface area contributed by atoms with Gasteiger partial charge in [0.15, 0.2) is 5.78 Å². The van der Waals surface area contributed by atoms with Crippen LogP contribution in [0.3, 0.4) is 0 Å². The summed E-state index contributed by atoms with van der Waals surface area (Å²) in [6.45, 7) is 4.68. The van der Waals surface area contributed by atoms with Gasteiger partial charge in [0, 0.05) is 13.0 Å². The Balaban J connectivity index is 2.59. The highest BCUT2D eigenvalue weighted by atomic mass is 16.5. The minimum atomic E-state index is 0.188. The largest absolute Gasteiger partial charge is 0.377 e. The monoisotopic (exact) mass is 184 g/mol. The second-order valence-electron chi connectivity index (χ2n) is 4.69. The van der Waals surface area contributed by atoms with Crippen molar-refractivity contribution in [2.75, 3.05) is 13.7 Å². The van der Waals surface area contributed by atoms with E-state index in [0.29, 0.717) is 0 Å². The lowest BCUT2D eigenvalue weighted by Gasteiger charge is -2.37. The molecule has 1 aliphatic rings. The first kappa shape index (κ1) is 10.7. The van der Waals surface area contributed by atoms with E-state index in [1.807, 2.05) is 0 Å². The minimum Gasteiger partial charge on any atom is -0.377 e. The summed E-state index contributed by atoms with van der Waals surface area (Å²) in [5, 5.41) is 0. The van der Waals surface area contributed by atoms with Crippen LogP contribution >= 0.6 is 0 Å². The molecule has 2 heteroatoms. The molecule has 13 heavy (non-hydrogen) atoms. The van der Waals surface area contributed by atoms with Gasteiger partial charge in [-0.3, -0.25) is 4.79 Å². The van der Waals surface area contributed by atoms with Gasteiger partial charge in [-0.05, 0) is 18.3 Å². The topological polar surface area (TPSA) is 26.3 Å². The van der Waals surface area contributed by atoms with E-state index in [9.17, 15) is 4.79 Å². The van der Waals surface area contributed by atoms with Gasteiger partial charge in [0.1, 0.15) is 6.61 Å². The highest BCUT2D eigenvalue weighted by Crippen LogP contribution is 2.40. The van der Waals surface area contributed by atoms with Crippen LogP contribution in [0.1, 0.15) is 39.5 Å². The zero-order chi connectivity index (χ0) is 9.90. The molecule has 1 aliphatic carbocycles. The highest BCUT2D eigenvalue weighted by Gasteiger charge is 2.36. The number of hydrogen-bond acceptors (Lipinski definition) is 2. The number of carbonyl (C=O) groups excluding carboxylic acids is 1. The Hall–Kier alpha value is -0.370. The van der Waals surface area contributed by atoms with Crippen molar-refractivity contribution in [3.8, 4) is 0 Å². The molecule has 0 aromatic heterocycles. The van der Waals surface area contributed by atoms with Crippen molar-refractivity contribution in [1.82, 2.24) is 0 Å². The zero-order valence-corrected chi connectivity index (χ0v) is 8.93. The van der Waals surface area contributed by atoms with Crippen LogP contribution in [0.2, 0.25) is 0 Å². The van der Waals surface area contributed by atoms with Crippen molar-refractivity contribution in [3.05, 3.63) is 0 Å². The van der Waals surface area contributed by atoms with Crippen LogP contribution in [-0.2, 0) is 9.53 Å². The van der Waals surface area contributed by atoms with Crippen LogP contribution in [0.5, 0.6) is 0 Å². The van der Waals surface area contributed by atoms with Crippen LogP contribution < -0.4 is 0 Å². The van der Waals surface area contributed by atoms with Crippen LogP contribution in [0, 0.1) is 11.3 Å². The van der Waals surface area contributed by atoms with Gasteiger partial charge in [0.05, 0.1) is 0 Å². The summed E-state index contributed by atoms with van der Waals surface area (Å²) in [6.07, 6.45) is 4.69. The maximum Gasteiger partial charge on any atom is 0.162 e. The summed E-state index contributed by atoms with van der Waals surface area (Å²) in [7, 11) is 1.59. The SMILES string of the molecule is COCC(=O)C1CCCCC1(C)C. The molecule has 0 heterocycles. The van der Waals surface area contributed by atoms with E-state index in [4.69, 9.17) is 4.74 Å². The number of hydrogen-bond donors (Lipinski definition) is 0. The normalized spacial score (nSPS) is 27.2. The van der Waals surface area contributed by atoms with Crippen LogP contribution in [0.15, 0.2) is 0 Å². The standard InChI is InChI=1S/C11H20O2/c1-11(2)7-5-4-6-9(11)10(12)8-13-3/h9H,4-8H2,1-3H3. The fourth-order valence-corrected chi connectivity index (χ4v) is 2.33. The molecule has 76 valence electrons. The summed E-state index contributed by atoms with van der Waals surface area (Å²) in [5.74, 6) is 0.508. The third kappa shape index (κ3) is 2.53. The Kier molecular flexibility index (Phi) is 3.48. The quantitative estimate of drug-likeness (QED) is 0.673. The molecule has 0 spiro atoms. The Morgan fingerprint density at radius 2 is 2.15 bits per heavy atom. The number of methoxy groups -OCH3 is 1. The maximum atomic E-state index is 11.7. The zero-order valence-electron chi connectivity index (χ0n) is 8.93. The predicted octanol–water partition coefficient (Wildman–Crippen LogP) is 2.42. The van der Waals surface area contributed by atoms with Crippen LogP contribution in [0.25, 0.3) is 0 Å². The van der Waals surface area contributed by atoms with Gasteiger partial charge in [-0.1, -0.05) is 26.7 Å². The molecule has 0 radical (unpaired) electrons. The van der Waals surface area contributed by atoms with Crippen molar-refractivity contribution in [1.29, 1.82) is 0 Å². The summed E-state index contributed by atoms with van der Waals surface area (Å²) in [5.41, 5.74) is 0.188. The molecule has 1 atom stereocenters. The predicted molar refractivity (Wildman–Crippen MR) is 52.6 cm³/mol. The second kappa shape index (κ2) is 4.23. The van der Waals surface area contributed by atoms with Crippen LogP contribution in [-0.4, -0.2) is 19.5 Å². The van der Waals surface area contributed by atoms with Crippen LogP contribution in [0.4, 0.5) is 0 Å². The number of Topliss-reactive ketones (excluding diaryl/α,β-unsaturated/α-hetero) is 1. The summed E-state index contributed by atoms with van der Waals surface area (Å²) < 4.78 is 4.90. The van der Waals surface area contributed by atoms with Crippen molar-refractivity contribution in [3.63, 3.8) is 0 Å². The Morgan fingerprint density at radius 1 is 1.46 bits per heavy atom. The number of rotatable bonds is 3. The van der Waals surface area contributed by atoms with E-state index in [-0.39, 0.29) is 23.7 Å². The average Bonchev–Trinajstić information content (AvgIpc) is 2.03. The summed E-state index contributed by atoms with van der Waals surface area (Å²) in [6, 6.07) is 0. The molecule has 1 rings (SSSR count). The van der Waals surface area contributed by atoms with Crippen molar-refractivity contribution < 1.29 is 9.53 Å². The van der Waals surface area contributed by atoms with E-state index in [2.05, 4.69) is 13.8 Å². The first-order valence-electron chi connectivity index (χ1n) is 5.09. The minimum absolute atomic E-state index is 0.188. The third-order valence-electron chi connectivity index (χ3n) is 3.18. The van der Waals surface area contributed by atoms with E-state index in [1.165, 1.54) is 19.3 Å². The van der Waals surface area contributed by atoms with Gasteiger partial charge >= 0.3 is 0 Å². The first-order chi connectivity index (χ1) is 6.08. The molecule has 0 aliphatic heterocycles. The average molecular weight is 184 g/mol. The van der Waals surface area contributed by atoms with E-state index in [1.54, 1.807) is 7.11 Å². The first-order valence-corrected chi connectivity index (χ1v) is 5.09. The molecule has 1 unspecified atom stereocenters. The molecule has 0 bridgehead atoms. The lowest BCUT2D eigenvalue weighted by molar-refractivity contribution is -0.131. The van der Waals surface area contributed by atoms with Crippen molar-refractivity contribution in [2.24, 2.45) is 11.3 Å². The lowest BCUT2D eigenvalue weighted by Crippen LogP contribution is -2.35. The Labute approximate surface area is 80.7 Å². The van der Waals surface area contributed by atoms with Crippen molar-refractivity contribution >= 4 is 5.78 Å². The van der Waals surface area contributed by atoms with E-state index >= 15 is 0 Å². The van der Waals surface area contributed by atoms with Gasteiger partial charge < -0.3 is 4.74 Å². The Morgan fingerprint density at radius 3 is 2.69 bits per heavy atom. The molecule has 0 aromatic carbocycles. The molecule has 1 saturated carbocycles. The maximum absolute atomic E-state index is 11.7. The molecule has 2 nitrogen and oxygen atoms in total. The van der Waals surface area contributed by atoms with Gasteiger partial charge in [-0.2, -0.15) is 0 Å². The molecule has 0 amide bonds. The molecule has 0 aromatic rings. The molecular weight excluding hydrogens is 164 g/mol. The van der Waals surface area contributed by atoms with E-state index < -0.39 is 0 Å².